The van der Waals surface area contributed by atoms with Crippen molar-refractivity contribution in [1.82, 2.24) is 15.5 Å². The van der Waals surface area contributed by atoms with Crippen LogP contribution in [-0.4, -0.2) is 22.1 Å². The Kier molecular flexibility index (Phi) is 4.35. The average molecular weight is 353 g/mol. The number of rotatable bonds is 6. The molecule has 7 heteroatoms. The lowest BCUT2D eigenvalue weighted by atomic mass is 10.1. The van der Waals surface area contributed by atoms with Crippen LogP contribution in [0.15, 0.2) is 53.4 Å². The minimum absolute atomic E-state index is 0.121. The standard InChI is InChI=1S/C19H16FN3O3/c20-15-4-1-12(2-5-15)18-14(11-26-23-18)10-25-17-8-3-13(9-21-17)19(24)22-16-6-7-16/h1-5,8-9,11,16H,6-7,10H2,(H,22,24). The Hall–Kier alpha value is -3.22. The number of hydrogen-bond acceptors (Lipinski definition) is 5. The second-order valence-corrected chi connectivity index (χ2v) is 6.12. The molecule has 6 nitrogen and oxygen atoms in total. The molecular formula is C19H16FN3O3. The molecule has 1 aromatic carbocycles. The summed E-state index contributed by atoms with van der Waals surface area (Å²) in [6.45, 7) is 0.191. The molecule has 1 fully saturated rings. The summed E-state index contributed by atoms with van der Waals surface area (Å²) >= 11 is 0. The van der Waals surface area contributed by atoms with Crippen molar-refractivity contribution < 1.29 is 18.4 Å². The molecule has 1 saturated carbocycles. The van der Waals surface area contributed by atoms with E-state index in [9.17, 15) is 9.18 Å². The third-order valence-electron chi connectivity index (χ3n) is 4.05. The highest BCUT2D eigenvalue weighted by molar-refractivity contribution is 5.94. The number of amides is 1. The van der Waals surface area contributed by atoms with E-state index >= 15 is 0 Å². The molecule has 3 aromatic rings. The van der Waals surface area contributed by atoms with Crippen LogP contribution in [0.3, 0.4) is 0 Å². The summed E-state index contributed by atoms with van der Waals surface area (Å²) in [5.41, 5.74) is 2.54. The molecule has 0 saturated heterocycles. The highest BCUT2D eigenvalue weighted by atomic mass is 19.1. The van der Waals surface area contributed by atoms with E-state index < -0.39 is 0 Å². The average Bonchev–Trinajstić information content (AvgIpc) is 3.35. The van der Waals surface area contributed by atoms with Gasteiger partial charge in [-0.3, -0.25) is 4.79 Å². The van der Waals surface area contributed by atoms with Crippen molar-refractivity contribution in [2.24, 2.45) is 0 Å². The molecule has 1 amide bonds. The SMILES string of the molecule is O=C(NC1CC1)c1ccc(OCc2conc2-c2ccc(F)cc2)nc1. The number of carbonyl (C=O) groups is 1. The first-order valence-electron chi connectivity index (χ1n) is 8.28. The molecule has 1 aliphatic carbocycles. The number of benzene rings is 1. The topological polar surface area (TPSA) is 77.2 Å². The van der Waals surface area contributed by atoms with Gasteiger partial charge < -0.3 is 14.6 Å². The van der Waals surface area contributed by atoms with Gasteiger partial charge in [0.15, 0.2) is 0 Å². The number of aromatic nitrogens is 2. The fourth-order valence-corrected chi connectivity index (χ4v) is 2.45. The van der Waals surface area contributed by atoms with E-state index in [1.165, 1.54) is 24.6 Å². The summed E-state index contributed by atoms with van der Waals surface area (Å²) in [7, 11) is 0. The summed E-state index contributed by atoms with van der Waals surface area (Å²) in [5.74, 6) is -0.0477. The van der Waals surface area contributed by atoms with Crippen LogP contribution in [0, 0.1) is 5.82 Å². The number of hydrogen-bond donors (Lipinski definition) is 1. The number of carbonyl (C=O) groups excluding carboxylic acids is 1. The highest BCUT2D eigenvalue weighted by Crippen LogP contribution is 2.24. The summed E-state index contributed by atoms with van der Waals surface area (Å²) < 4.78 is 23.7. The molecule has 1 N–H and O–H groups in total. The minimum Gasteiger partial charge on any atom is -0.473 e. The van der Waals surface area contributed by atoms with E-state index in [1.807, 2.05) is 0 Å². The van der Waals surface area contributed by atoms with Crippen molar-refractivity contribution in [3.8, 4) is 17.1 Å². The Balaban J connectivity index is 1.40. The smallest absolute Gasteiger partial charge is 0.253 e. The van der Waals surface area contributed by atoms with Crippen LogP contribution in [-0.2, 0) is 6.61 Å². The number of halogens is 1. The maximum atomic E-state index is 13.1. The first-order chi connectivity index (χ1) is 12.7. The van der Waals surface area contributed by atoms with Crippen LogP contribution in [0.1, 0.15) is 28.8 Å². The Bertz CT molecular complexity index is 903. The molecule has 0 unspecified atom stereocenters. The van der Waals surface area contributed by atoms with E-state index in [0.717, 1.165) is 18.4 Å². The van der Waals surface area contributed by atoms with Crippen LogP contribution in [0.2, 0.25) is 0 Å². The predicted molar refractivity (Wildman–Crippen MR) is 91.0 cm³/mol. The Morgan fingerprint density at radius 3 is 2.73 bits per heavy atom. The molecular weight excluding hydrogens is 337 g/mol. The molecule has 2 heterocycles. The third kappa shape index (κ3) is 3.72. The predicted octanol–water partition coefficient (Wildman–Crippen LogP) is 3.35. The van der Waals surface area contributed by atoms with Gasteiger partial charge in [0.05, 0.1) is 11.1 Å². The summed E-state index contributed by atoms with van der Waals surface area (Å²) in [5, 5.41) is 6.85. The number of ether oxygens (including phenoxy) is 1. The second-order valence-electron chi connectivity index (χ2n) is 6.12. The molecule has 0 atom stereocenters. The minimum atomic E-state index is -0.315. The highest BCUT2D eigenvalue weighted by Gasteiger charge is 2.23. The van der Waals surface area contributed by atoms with Crippen LogP contribution in [0.5, 0.6) is 5.88 Å². The quantitative estimate of drug-likeness (QED) is 0.735. The summed E-state index contributed by atoms with van der Waals surface area (Å²) in [6.07, 6.45) is 5.04. The molecule has 2 aromatic heterocycles. The van der Waals surface area contributed by atoms with Gasteiger partial charge in [0.1, 0.15) is 24.4 Å². The summed E-state index contributed by atoms with van der Waals surface area (Å²) in [6, 6.07) is 9.60. The Morgan fingerprint density at radius 1 is 1.23 bits per heavy atom. The maximum absolute atomic E-state index is 13.1. The molecule has 0 spiro atoms. The number of nitrogens with one attached hydrogen (secondary N) is 1. The number of nitrogens with zero attached hydrogens (tertiary/aromatic N) is 2. The first kappa shape index (κ1) is 16.3. The van der Waals surface area contributed by atoms with Gasteiger partial charge in [0.25, 0.3) is 5.91 Å². The zero-order chi connectivity index (χ0) is 17.9. The Morgan fingerprint density at radius 2 is 2.04 bits per heavy atom. The molecule has 0 bridgehead atoms. The van der Waals surface area contributed by atoms with E-state index in [2.05, 4.69) is 15.5 Å². The normalized spacial score (nSPS) is 13.4. The molecule has 4 rings (SSSR count). The van der Waals surface area contributed by atoms with Crippen molar-refractivity contribution in [3.63, 3.8) is 0 Å². The van der Waals surface area contributed by atoms with Crippen LogP contribution < -0.4 is 10.1 Å². The maximum Gasteiger partial charge on any atom is 0.253 e. The van der Waals surface area contributed by atoms with Gasteiger partial charge in [0, 0.05) is 23.9 Å². The molecule has 0 radical (unpaired) electrons. The lowest BCUT2D eigenvalue weighted by Crippen LogP contribution is -2.25. The van der Waals surface area contributed by atoms with Crippen molar-refractivity contribution in [2.45, 2.75) is 25.5 Å². The zero-order valence-electron chi connectivity index (χ0n) is 13.8. The summed E-state index contributed by atoms with van der Waals surface area (Å²) in [4.78, 5) is 16.1. The van der Waals surface area contributed by atoms with E-state index in [0.29, 0.717) is 28.7 Å². The fourth-order valence-electron chi connectivity index (χ4n) is 2.45. The van der Waals surface area contributed by atoms with E-state index in [4.69, 9.17) is 9.26 Å². The van der Waals surface area contributed by atoms with Gasteiger partial charge in [-0.1, -0.05) is 5.16 Å². The van der Waals surface area contributed by atoms with E-state index in [1.54, 1.807) is 24.3 Å². The largest absolute Gasteiger partial charge is 0.473 e. The first-order valence-corrected chi connectivity index (χ1v) is 8.28. The van der Waals surface area contributed by atoms with Crippen molar-refractivity contribution >= 4 is 5.91 Å². The lowest BCUT2D eigenvalue weighted by Gasteiger charge is -2.06. The van der Waals surface area contributed by atoms with Crippen molar-refractivity contribution in [3.05, 3.63) is 65.8 Å². The Labute approximate surface area is 149 Å². The van der Waals surface area contributed by atoms with Gasteiger partial charge >= 0.3 is 0 Å². The number of pyridine rings is 1. The van der Waals surface area contributed by atoms with Gasteiger partial charge in [-0.05, 0) is 43.2 Å². The molecule has 26 heavy (non-hydrogen) atoms. The second kappa shape index (κ2) is 6.95. The molecule has 0 aliphatic heterocycles. The van der Waals surface area contributed by atoms with Gasteiger partial charge in [-0.2, -0.15) is 0 Å². The van der Waals surface area contributed by atoms with Crippen LogP contribution in [0.4, 0.5) is 4.39 Å². The molecule has 1 aliphatic rings. The lowest BCUT2D eigenvalue weighted by molar-refractivity contribution is 0.0950. The van der Waals surface area contributed by atoms with Crippen molar-refractivity contribution in [2.75, 3.05) is 0 Å². The van der Waals surface area contributed by atoms with Gasteiger partial charge in [0.2, 0.25) is 5.88 Å². The zero-order valence-corrected chi connectivity index (χ0v) is 13.8. The van der Waals surface area contributed by atoms with Gasteiger partial charge in [-0.15, -0.1) is 0 Å². The molecule has 132 valence electrons. The van der Waals surface area contributed by atoms with Crippen LogP contribution >= 0.6 is 0 Å². The third-order valence-corrected chi connectivity index (χ3v) is 4.05. The fraction of sp³-hybridized carbons (Fsp3) is 0.211. The monoisotopic (exact) mass is 353 g/mol. The van der Waals surface area contributed by atoms with E-state index in [-0.39, 0.29) is 18.3 Å². The van der Waals surface area contributed by atoms with Crippen molar-refractivity contribution in [1.29, 1.82) is 0 Å². The van der Waals surface area contributed by atoms with Crippen LogP contribution in [0.25, 0.3) is 11.3 Å². The van der Waals surface area contributed by atoms with Gasteiger partial charge in [-0.25, -0.2) is 9.37 Å².